The molecule has 15 nitrogen and oxygen atoms in total. The summed E-state index contributed by atoms with van der Waals surface area (Å²) in [5.74, 6) is -1.57. The highest BCUT2D eigenvalue weighted by Crippen LogP contribution is 2.05. The number of esters is 1. The molecule has 0 N–H and O–H groups in total. The maximum Gasteiger partial charge on any atom is 0.379 e. The van der Waals surface area contributed by atoms with Crippen LogP contribution in [0.4, 0.5) is 0 Å². The molecule has 0 unspecified atom stereocenters. The van der Waals surface area contributed by atoms with E-state index in [0.717, 1.165) is 13.0 Å². The van der Waals surface area contributed by atoms with E-state index in [4.69, 9.17) is 61.6 Å². The van der Waals surface area contributed by atoms with Gasteiger partial charge in [-0.15, -0.1) is 0 Å². The molecule has 0 saturated heterocycles. The number of ether oxygens (including phenoxy) is 13. The van der Waals surface area contributed by atoms with Crippen LogP contribution in [-0.2, 0) is 66.4 Å². The molecule has 0 bridgehead atoms. The quantitative estimate of drug-likeness (QED) is 0.0405. The van der Waals surface area contributed by atoms with Crippen molar-refractivity contribution in [1.82, 2.24) is 0 Å². The average molecular weight is 791 g/mol. The summed E-state index contributed by atoms with van der Waals surface area (Å²) < 4.78 is 70.7. The smallest absolute Gasteiger partial charge is 0.379 e. The second kappa shape index (κ2) is 43.0. The number of carbonyl (C=O) groups excluding carboxylic acids is 2. The Morgan fingerprint density at radius 3 is 0.945 bits per heavy atom. The van der Waals surface area contributed by atoms with Gasteiger partial charge in [0.1, 0.15) is 6.61 Å². The Hall–Kier alpha value is -2.12. The monoisotopic (exact) mass is 790 g/mol. The number of carbonyl (C=O) groups is 2. The molecule has 1 rings (SSSR count). The van der Waals surface area contributed by atoms with Crippen molar-refractivity contribution in [3.63, 3.8) is 0 Å². The van der Waals surface area contributed by atoms with E-state index in [1.165, 1.54) is 32.1 Å². The molecular formula is C40H70O15. The van der Waals surface area contributed by atoms with Crippen LogP contribution < -0.4 is 0 Å². The van der Waals surface area contributed by atoms with Crippen LogP contribution in [-0.4, -0.2) is 177 Å². The highest BCUT2D eigenvalue weighted by molar-refractivity contribution is 6.40. The maximum absolute atomic E-state index is 11.9. The summed E-state index contributed by atoms with van der Waals surface area (Å²) in [5.41, 5.74) is 0.295. The van der Waals surface area contributed by atoms with Gasteiger partial charge >= 0.3 is 5.97 Å². The summed E-state index contributed by atoms with van der Waals surface area (Å²) in [6, 6.07) is 8.26. The summed E-state index contributed by atoms with van der Waals surface area (Å²) in [6.07, 6.45) is 7.64. The molecule has 0 heterocycles. The van der Waals surface area contributed by atoms with E-state index < -0.39 is 11.8 Å². The first-order chi connectivity index (χ1) is 27.3. The van der Waals surface area contributed by atoms with Gasteiger partial charge in [-0.2, -0.15) is 0 Å². The van der Waals surface area contributed by atoms with Crippen LogP contribution in [0.3, 0.4) is 0 Å². The van der Waals surface area contributed by atoms with E-state index in [0.29, 0.717) is 151 Å². The van der Waals surface area contributed by atoms with Crippen LogP contribution in [0.2, 0.25) is 0 Å². The van der Waals surface area contributed by atoms with Crippen LogP contribution in [0, 0.1) is 0 Å². The van der Waals surface area contributed by atoms with Crippen LogP contribution >= 0.6 is 0 Å². The summed E-state index contributed by atoms with van der Waals surface area (Å²) in [4.78, 5) is 23.6. The largest absolute Gasteiger partial charge is 0.457 e. The first-order valence-corrected chi connectivity index (χ1v) is 19.9. The Kier molecular flexibility index (Phi) is 39.8. The predicted octanol–water partition coefficient (Wildman–Crippen LogP) is 3.97. The molecule has 0 spiro atoms. The fourth-order valence-corrected chi connectivity index (χ4v) is 4.47. The van der Waals surface area contributed by atoms with Crippen molar-refractivity contribution in [3.05, 3.63) is 35.9 Å². The summed E-state index contributed by atoms with van der Waals surface area (Å²) in [6.45, 7) is 14.0. The van der Waals surface area contributed by atoms with Gasteiger partial charge < -0.3 is 61.6 Å². The first-order valence-electron chi connectivity index (χ1n) is 19.9. The molecule has 320 valence electrons. The Morgan fingerprint density at radius 2 is 0.618 bits per heavy atom. The van der Waals surface area contributed by atoms with Crippen molar-refractivity contribution in [1.29, 1.82) is 0 Å². The molecule has 0 aliphatic heterocycles. The highest BCUT2D eigenvalue weighted by atomic mass is 16.6. The van der Waals surface area contributed by atoms with E-state index in [1.807, 2.05) is 0 Å². The Bertz CT molecular complexity index is 940. The molecule has 0 radical (unpaired) electrons. The topological polar surface area (TPSA) is 154 Å². The van der Waals surface area contributed by atoms with Crippen LogP contribution in [0.15, 0.2) is 30.3 Å². The lowest BCUT2D eigenvalue weighted by atomic mass is 10.1. The van der Waals surface area contributed by atoms with Crippen molar-refractivity contribution >= 4 is 11.8 Å². The molecule has 1 aromatic carbocycles. The zero-order valence-corrected chi connectivity index (χ0v) is 33.4. The van der Waals surface area contributed by atoms with Gasteiger partial charge in [-0.25, -0.2) is 4.79 Å². The van der Waals surface area contributed by atoms with Gasteiger partial charge in [0.2, 0.25) is 0 Å². The number of unbranched alkanes of at least 4 members (excludes halogenated alkanes) is 5. The predicted molar refractivity (Wildman–Crippen MR) is 205 cm³/mol. The number of hydrogen-bond donors (Lipinski definition) is 0. The zero-order chi connectivity index (χ0) is 39.4. The molecular weight excluding hydrogens is 720 g/mol. The van der Waals surface area contributed by atoms with Gasteiger partial charge in [-0.3, -0.25) is 4.79 Å². The number of rotatable bonds is 45. The second-order valence-corrected chi connectivity index (χ2v) is 11.9. The third-order valence-electron chi connectivity index (χ3n) is 7.42. The molecule has 0 atom stereocenters. The number of benzene rings is 1. The van der Waals surface area contributed by atoms with Crippen molar-refractivity contribution in [2.45, 2.75) is 45.4 Å². The lowest BCUT2D eigenvalue weighted by Gasteiger charge is -2.09. The van der Waals surface area contributed by atoms with Crippen LogP contribution in [0.1, 0.15) is 55.8 Å². The maximum atomic E-state index is 11.9. The van der Waals surface area contributed by atoms with E-state index in [-0.39, 0.29) is 13.2 Å². The molecule has 0 aliphatic rings. The van der Waals surface area contributed by atoms with Gasteiger partial charge in [-0.05, 0) is 6.42 Å². The average Bonchev–Trinajstić information content (AvgIpc) is 3.21. The van der Waals surface area contributed by atoms with Gasteiger partial charge in [0.25, 0.3) is 5.78 Å². The van der Waals surface area contributed by atoms with Crippen LogP contribution in [0.25, 0.3) is 0 Å². The van der Waals surface area contributed by atoms with Crippen LogP contribution in [0.5, 0.6) is 0 Å². The molecule has 1 aromatic rings. The minimum absolute atomic E-state index is 0.00338. The molecule has 0 saturated carbocycles. The van der Waals surface area contributed by atoms with Gasteiger partial charge in [-0.1, -0.05) is 69.4 Å². The lowest BCUT2D eigenvalue weighted by Crippen LogP contribution is -2.20. The van der Waals surface area contributed by atoms with E-state index in [2.05, 4.69) is 6.92 Å². The molecule has 55 heavy (non-hydrogen) atoms. The van der Waals surface area contributed by atoms with E-state index in [1.54, 1.807) is 30.3 Å². The van der Waals surface area contributed by atoms with Crippen molar-refractivity contribution in [2.75, 3.05) is 165 Å². The third-order valence-corrected chi connectivity index (χ3v) is 7.42. The molecule has 15 heteroatoms. The fourth-order valence-electron chi connectivity index (χ4n) is 4.47. The first kappa shape index (κ1) is 50.9. The van der Waals surface area contributed by atoms with Gasteiger partial charge in [0.15, 0.2) is 0 Å². The minimum Gasteiger partial charge on any atom is -0.457 e. The number of ketones is 1. The Morgan fingerprint density at radius 1 is 0.345 bits per heavy atom. The van der Waals surface area contributed by atoms with E-state index in [9.17, 15) is 9.59 Å². The van der Waals surface area contributed by atoms with Gasteiger partial charge in [0.05, 0.1) is 152 Å². The number of hydrogen-bond acceptors (Lipinski definition) is 15. The molecule has 0 amide bonds. The van der Waals surface area contributed by atoms with E-state index >= 15 is 0 Å². The Balaban J connectivity index is 1.63. The fraction of sp³-hybridized carbons (Fsp3) is 0.800. The third kappa shape index (κ3) is 37.2. The SMILES string of the molecule is CCCCCCCCOCCOCCOCCOCCOCCOCCOCCOCCOCCOCCOCCOCCOC(=O)C(=O)c1ccccc1. The lowest BCUT2D eigenvalue weighted by molar-refractivity contribution is -0.139. The zero-order valence-electron chi connectivity index (χ0n) is 33.4. The molecule has 0 aliphatic carbocycles. The van der Waals surface area contributed by atoms with Crippen molar-refractivity contribution in [3.8, 4) is 0 Å². The second-order valence-electron chi connectivity index (χ2n) is 11.9. The summed E-state index contributed by atoms with van der Waals surface area (Å²) in [7, 11) is 0. The summed E-state index contributed by atoms with van der Waals surface area (Å²) in [5, 5.41) is 0. The number of Topliss-reactive ketones (excluding diaryl/α,β-unsaturated/α-hetero) is 1. The summed E-state index contributed by atoms with van der Waals surface area (Å²) >= 11 is 0. The Labute approximate surface area is 329 Å². The standard InChI is InChI=1S/C40H70O15/c1-2-3-4-5-6-10-13-43-14-15-44-16-17-45-18-19-46-20-21-47-22-23-48-24-25-49-26-27-50-28-29-51-30-31-52-32-33-53-34-35-54-36-37-55-40(42)39(41)38-11-8-7-9-12-38/h7-9,11-12H,2-6,10,13-37H2,1H3. The molecule has 0 fully saturated rings. The normalized spacial score (nSPS) is 11.4. The van der Waals surface area contributed by atoms with Gasteiger partial charge in [0, 0.05) is 12.2 Å². The van der Waals surface area contributed by atoms with Crippen molar-refractivity contribution < 1.29 is 71.2 Å². The minimum atomic E-state index is -0.897. The van der Waals surface area contributed by atoms with Crippen molar-refractivity contribution in [2.24, 2.45) is 0 Å². The highest BCUT2D eigenvalue weighted by Gasteiger charge is 2.17. The molecule has 0 aromatic heterocycles.